The summed E-state index contributed by atoms with van der Waals surface area (Å²) in [5.41, 5.74) is 2.77. The van der Waals surface area contributed by atoms with E-state index in [0.717, 1.165) is 17.3 Å². The summed E-state index contributed by atoms with van der Waals surface area (Å²) in [6, 6.07) is 14.6. The van der Waals surface area contributed by atoms with Crippen LogP contribution in [-0.2, 0) is 4.79 Å². The number of aromatic nitrogens is 1. The van der Waals surface area contributed by atoms with Crippen LogP contribution < -0.4 is 4.74 Å². The van der Waals surface area contributed by atoms with Gasteiger partial charge in [-0.15, -0.1) is 0 Å². The monoisotopic (exact) mass is 307 g/mol. The van der Waals surface area contributed by atoms with E-state index < -0.39 is 5.97 Å². The summed E-state index contributed by atoms with van der Waals surface area (Å²) in [6.07, 6.45) is 1.06. The molecule has 0 aliphatic rings. The largest absolute Gasteiger partial charge is 0.423 e. The summed E-state index contributed by atoms with van der Waals surface area (Å²) in [4.78, 5) is 11.7. The third kappa shape index (κ3) is 2.63. The van der Waals surface area contributed by atoms with Gasteiger partial charge in [0.25, 0.3) is 0 Å². The van der Waals surface area contributed by atoms with Crippen LogP contribution in [0.1, 0.15) is 33.2 Å². The lowest BCUT2D eigenvalue weighted by atomic mass is 10.1. The molecule has 118 valence electrons. The number of carbonyl (C=O) groups excluding carboxylic acids is 1. The first-order chi connectivity index (χ1) is 11.0. The van der Waals surface area contributed by atoms with Crippen molar-refractivity contribution in [3.05, 3.63) is 54.6 Å². The van der Waals surface area contributed by atoms with Crippen LogP contribution in [0.4, 0.5) is 0 Å². The Morgan fingerprint density at radius 2 is 1.87 bits per heavy atom. The first kappa shape index (κ1) is 15.3. The molecule has 0 amide bonds. The van der Waals surface area contributed by atoms with E-state index in [4.69, 9.17) is 4.74 Å². The zero-order chi connectivity index (χ0) is 16.6. The SMILES string of the molecule is C=C(C)C(=O)Oc1ccc2c(c1)c1ccccc1n2C(C)CC. The average molecular weight is 307 g/mol. The highest BCUT2D eigenvalue weighted by molar-refractivity contribution is 6.08. The lowest BCUT2D eigenvalue weighted by Gasteiger charge is -2.14. The maximum atomic E-state index is 11.7. The van der Waals surface area contributed by atoms with Crippen LogP contribution in [0, 0.1) is 0 Å². The number of ether oxygens (including phenoxy) is 1. The molecule has 0 bridgehead atoms. The van der Waals surface area contributed by atoms with Crippen LogP contribution in [0.5, 0.6) is 5.75 Å². The minimum Gasteiger partial charge on any atom is -0.423 e. The van der Waals surface area contributed by atoms with E-state index in [2.05, 4.69) is 43.2 Å². The molecule has 3 nitrogen and oxygen atoms in total. The molecule has 0 aliphatic carbocycles. The van der Waals surface area contributed by atoms with Gasteiger partial charge in [-0.3, -0.25) is 0 Å². The second kappa shape index (κ2) is 5.92. The number of rotatable bonds is 4. The zero-order valence-electron chi connectivity index (χ0n) is 13.8. The average Bonchev–Trinajstić information content (AvgIpc) is 2.88. The molecule has 1 atom stereocenters. The first-order valence-electron chi connectivity index (χ1n) is 7.93. The van der Waals surface area contributed by atoms with Crippen molar-refractivity contribution in [2.45, 2.75) is 33.2 Å². The Morgan fingerprint density at radius 3 is 2.57 bits per heavy atom. The third-order valence-electron chi connectivity index (χ3n) is 4.27. The minimum atomic E-state index is -0.394. The van der Waals surface area contributed by atoms with Crippen LogP contribution in [0.15, 0.2) is 54.6 Å². The highest BCUT2D eigenvalue weighted by Gasteiger charge is 2.15. The lowest BCUT2D eigenvalue weighted by Crippen LogP contribution is -2.08. The summed E-state index contributed by atoms with van der Waals surface area (Å²) in [6.45, 7) is 9.68. The van der Waals surface area contributed by atoms with Gasteiger partial charge in [0.05, 0.1) is 0 Å². The number of benzene rings is 2. The first-order valence-corrected chi connectivity index (χ1v) is 7.93. The van der Waals surface area contributed by atoms with E-state index in [-0.39, 0.29) is 0 Å². The maximum absolute atomic E-state index is 11.7. The molecule has 0 aliphatic heterocycles. The number of hydrogen-bond donors (Lipinski definition) is 0. The van der Waals surface area contributed by atoms with E-state index in [1.54, 1.807) is 6.92 Å². The fourth-order valence-electron chi connectivity index (χ4n) is 2.90. The van der Waals surface area contributed by atoms with Crippen molar-refractivity contribution in [3.8, 4) is 5.75 Å². The third-order valence-corrected chi connectivity index (χ3v) is 4.27. The van der Waals surface area contributed by atoms with Crippen LogP contribution in [0.3, 0.4) is 0 Å². The molecule has 0 radical (unpaired) electrons. The van der Waals surface area contributed by atoms with Crippen molar-refractivity contribution in [3.63, 3.8) is 0 Å². The second-order valence-corrected chi connectivity index (χ2v) is 5.99. The molecule has 3 heteroatoms. The number of hydrogen-bond acceptors (Lipinski definition) is 2. The zero-order valence-corrected chi connectivity index (χ0v) is 13.8. The Balaban J connectivity index is 2.21. The summed E-state index contributed by atoms with van der Waals surface area (Å²) < 4.78 is 7.74. The van der Waals surface area contributed by atoms with Crippen molar-refractivity contribution in [2.75, 3.05) is 0 Å². The molecule has 1 aromatic heterocycles. The molecule has 3 rings (SSSR count). The smallest absolute Gasteiger partial charge is 0.338 e. The second-order valence-electron chi connectivity index (χ2n) is 5.99. The van der Waals surface area contributed by atoms with Gasteiger partial charge in [-0.2, -0.15) is 0 Å². The van der Waals surface area contributed by atoms with Gasteiger partial charge in [0, 0.05) is 33.4 Å². The Labute approximate surface area is 136 Å². The topological polar surface area (TPSA) is 31.2 Å². The van der Waals surface area contributed by atoms with Gasteiger partial charge >= 0.3 is 5.97 Å². The van der Waals surface area contributed by atoms with Crippen LogP contribution in [0.2, 0.25) is 0 Å². The standard InChI is InChI=1S/C20H21NO2/c1-5-14(4)21-18-9-7-6-8-16(18)17-12-15(10-11-19(17)21)23-20(22)13(2)3/h6-12,14H,2,5H2,1,3-4H3. The summed E-state index contributed by atoms with van der Waals surface area (Å²) in [7, 11) is 0. The van der Waals surface area contributed by atoms with E-state index in [1.165, 1.54) is 10.9 Å². The van der Waals surface area contributed by atoms with E-state index in [1.807, 2.05) is 24.3 Å². The molecule has 1 heterocycles. The maximum Gasteiger partial charge on any atom is 0.338 e. The predicted molar refractivity (Wildman–Crippen MR) is 94.9 cm³/mol. The fraction of sp³-hybridized carbons (Fsp3) is 0.250. The van der Waals surface area contributed by atoms with Crippen molar-refractivity contribution in [1.82, 2.24) is 4.57 Å². The molecule has 0 fully saturated rings. The summed E-state index contributed by atoms with van der Waals surface area (Å²) in [5.74, 6) is 0.160. The molecular weight excluding hydrogens is 286 g/mol. The number of esters is 1. The Hall–Kier alpha value is -2.55. The van der Waals surface area contributed by atoms with Crippen molar-refractivity contribution in [1.29, 1.82) is 0 Å². The lowest BCUT2D eigenvalue weighted by molar-refractivity contribution is -0.130. The van der Waals surface area contributed by atoms with E-state index in [9.17, 15) is 4.79 Å². The van der Waals surface area contributed by atoms with Gasteiger partial charge in [0.2, 0.25) is 0 Å². The van der Waals surface area contributed by atoms with Crippen LogP contribution >= 0.6 is 0 Å². The van der Waals surface area contributed by atoms with Gasteiger partial charge in [-0.25, -0.2) is 4.79 Å². The van der Waals surface area contributed by atoms with E-state index in [0.29, 0.717) is 17.4 Å². The molecule has 0 spiro atoms. The van der Waals surface area contributed by atoms with Crippen LogP contribution in [-0.4, -0.2) is 10.5 Å². The highest BCUT2D eigenvalue weighted by atomic mass is 16.5. The Bertz CT molecular complexity index is 905. The Kier molecular flexibility index (Phi) is 3.95. The van der Waals surface area contributed by atoms with Gasteiger partial charge in [0.15, 0.2) is 0 Å². The van der Waals surface area contributed by atoms with Gasteiger partial charge in [-0.05, 0) is 44.5 Å². The quantitative estimate of drug-likeness (QED) is 0.374. The van der Waals surface area contributed by atoms with Gasteiger partial charge in [-0.1, -0.05) is 31.7 Å². The summed E-state index contributed by atoms with van der Waals surface area (Å²) in [5, 5.41) is 2.28. The molecule has 0 saturated heterocycles. The fourth-order valence-corrected chi connectivity index (χ4v) is 2.90. The summed E-state index contributed by atoms with van der Waals surface area (Å²) >= 11 is 0. The molecule has 0 saturated carbocycles. The van der Waals surface area contributed by atoms with Gasteiger partial charge in [0.1, 0.15) is 5.75 Å². The number of nitrogens with zero attached hydrogens (tertiary/aromatic N) is 1. The molecule has 23 heavy (non-hydrogen) atoms. The van der Waals surface area contributed by atoms with E-state index >= 15 is 0 Å². The predicted octanol–water partition coefficient (Wildman–Crippen LogP) is 5.25. The Morgan fingerprint density at radius 1 is 1.17 bits per heavy atom. The van der Waals surface area contributed by atoms with Crippen molar-refractivity contribution >= 4 is 27.8 Å². The normalized spacial score (nSPS) is 12.5. The number of carbonyl (C=O) groups is 1. The van der Waals surface area contributed by atoms with Crippen molar-refractivity contribution in [2.24, 2.45) is 0 Å². The molecule has 1 unspecified atom stereocenters. The van der Waals surface area contributed by atoms with Crippen molar-refractivity contribution < 1.29 is 9.53 Å². The molecule has 3 aromatic rings. The molecule has 2 aromatic carbocycles. The molecule has 0 N–H and O–H groups in total. The highest BCUT2D eigenvalue weighted by Crippen LogP contribution is 2.34. The van der Waals surface area contributed by atoms with Gasteiger partial charge < -0.3 is 9.30 Å². The number of para-hydroxylation sites is 1. The molecular formula is C20H21NO2. The number of fused-ring (bicyclic) bond motifs is 3. The van der Waals surface area contributed by atoms with Crippen LogP contribution in [0.25, 0.3) is 21.8 Å². The minimum absolute atomic E-state index is 0.394.